The first-order valence-corrected chi connectivity index (χ1v) is 6.61. The molecule has 19 heavy (non-hydrogen) atoms. The number of hydrogen-bond donors (Lipinski definition) is 2. The highest BCUT2D eigenvalue weighted by Crippen LogP contribution is 2.16. The Kier molecular flexibility index (Phi) is 5.27. The van der Waals surface area contributed by atoms with Crippen LogP contribution in [0.15, 0.2) is 12.3 Å². The molecule has 0 aliphatic heterocycles. The van der Waals surface area contributed by atoms with Crippen LogP contribution in [0, 0.1) is 5.82 Å². The average molecular weight is 267 g/mol. The second-order valence-electron chi connectivity index (χ2n) is 5.17. The lowest BCUT2D eigenvalue weighted by atomic mass is 10.0. The van der Waals surface area contributed by atoms with E-state index in [4.69, 9.17) is 0 Å². The van der Waals surface area contributed by atoms with E-state index in [1.54, 1.807) is 0 Å². The number of hydrogen-bond acceptors (Lipinski definition) is 3. The molecule has 0 aliphatic rings. The van der Waals surface area contributed by atoms with Crippen molar-refractivity contribution in [2.45, 2.75) is 46.1 Å². The molecular formula is C14H22FN3O. The maximum atomic E-state index is 13.3. The average Bonchev–Trinajstić information content (AvgIpc) is 2.36. The molecule has 0 fully saturated rings. The summed E-state index contributed by atoms with van der Waals surface area (Å²) < 4.78 is 13.3. The van der Waals surface area contributed by atoms with Crippen molar-refractivity contribution in [2.24, 2.45) is 0 Å². The molecule has 1 aromatic heterocycles. The number of aromatic nitrogens is 1. The molecule has 4 nitrogen and oxygen atoms in total. The molecule has 0 saturated heterocycles. The van der Waals surface area contributed by atoms with Crippen LogP contribution in [0.5, 0.6) is 0 Å². The molecule has 1 aromatic rings. The first kappa shape index (κ1) is 15.4. The Morgan fingerprint density at radius 3 is 2.68 bits per heavy atom. The van der Waals surface area contributed by atoms with Crippen molar-refractivity contribution in [3.8, 4) is 0 Å². The molecule has 0 unspecified atom stereocenters. The predicted molar refractivity (Wildman–Crippen MR) is 74.8 cm³/mol. The van der Waals surface area contributed by atoms with E-state index in [2.05, 4.69) is 15.6 Å². The van der Waals surface area contributed by atoms with Gasteiger partial charge in [0, 0.05) is 12.1 Å². The number of carbonyl (C=O) groups excluding carboxylic acids is 1. The van der Waals surface area contributed by atoms with Crippen LogP contribution in [-0.2, 0) is 0 Å². The Hall–Kier alpha value is -1.65. The van der Waals surface area contributed by atoms with Gasteiger partial charge in [0.05, 0.1) is 11.8 Å². The fourth-order valence-corrected chi connectivity index (χ4v) is 1.46. The van der Waals surface area contributed by atoms with Crippen molar-refractivity contribution in [3.63, 3.8) is 0 Å². The molecule has 0 saturated carbocycles. The van der Waals surface area contributed by atoms with E-state index in [1.807, 2.05) is 27.7 Å². The van der Waals surface area contributed by atoms with Gasteiger partial charge in [0.2, 0.25) is 0 Å². The van der Waals surface area contributed by atoms with Gasteiger partial charge >= 0.3 is 0 Å². The first-order chi connectivity index (χ1) is 8.89. The largest absolute Gasteiger partial charge is 0.369 e. The number of nitrogens with one attached hydrogen (secondary N) is 2. The summed E-state index contributed by atoms with van der Waals surface area (Å²) in [7, 11) is 0. The van der Waals surface area contributed by atoms with Crippen LogP contribution in [-0.4, -0.2) is 23.0 Å². The van der Waals surface area contributed by atoms with Gasteiger partial charge in [-0.15, -0.1) is 0 Å². The van der Waals surface area contributed by atoms with Crippen LogP contribution in [0.25, 0.3) is 0 Å². The number of amides is 1. The fraction of sp³-hybridized carbons (Fsp3) is 0.571. The number of halogens is 1. The van der Waals surface area contributed by atoms with Crippen LogP contribution in [0.4, 0.5) is 10.2 Å². The summed E-state index contributed by atoms with van der Waals surface area (Å²) in [5.74, 6) is -0.397. The third kappa shape index (κ3) is 4.50. The highest BCUT2D eigenvalue weighted by atomic mass is 19.1. The molecule has 1 amide bonds. The number of nitrogens with zero attached hydrogens (tertiary/aromatic N) is 1. The molecule has 0 radical (unpaired) electrons. The normalized spacial score (nSPS) is 11.2. The predicted octanol–water partition coefficient (Wildman–Crippen LogP) is 2.96. The van der Waals surface area contributed by atoms with E-state index in [0.29, 0.717) is 12.4 Å². The zero-order valence-corrected chi connectivity index (χ0v) is 12.0. The molecule has 1 heterocycles. The van der Waals surface area contributed by atoms with E-state index < -0.39 is 5.82 Å². The Bertz CT molecular complexity index is 446. The van der Waals surface area contributed by atoms with Gasteiger partial charge in [0.25, 0.3) is 5.91 Å². The molecule has 106 valence electrons. The van der Waals surface area contributed by atoms with Gasteiger partial charge in [0.1, 0.15) is 11.6 Å². The van der Waals surface area contributed by atoms with Crippen molar-refractivity contribution in [2.75, 3.05) is 11.9 Å². The quantitative estimate of drug-likeness (QED) is 0.833. The van der Waals surface area contributed by atoms with Gasteiger partial charge in [-0.2, -0.15) is 0 Å². The minimum absolute atomic E-state index is 0.245. The molecule has 0 spiro atoms. The summed E-state index contributed by atoms with van der Waals surface area (Å²) in [6, 6.07) is 1.21. The third-order valence-electron chi connectivity index (χ3n) is 2.98. The van der Waals surface area contributed by atoms with Crippen LogP contribution in [0.1, 0.15) is 50.9 Å². The van der Waals surface area contributed by atoms with Crippen LogP contribution < -0.4 is 10.6 Å². The fourth-order valence-electron chi connectivity index (χ4n) is 1.46. The molecule has 0 aliphatic carbocycles. The van der Waals surface area contributed by atoms with E-state index >= 15 is 0 Å². The van der Waals surface area contributed by atoms with E-state index in [-0.39, 0.29) is 17.0 Å². The Labute approximate surface area is 113 Å². The molecule has 5 heteroatoms. The van der Waals surface area contributed by atoms with Crippen molar-refractivity contribution >= 4 is 11.7 Å². The van der Waals surface area contributed by atoms with Crippen LogP contribution in [0.2, 0.25) is 0 Å². The summed E-state index contributed by atoms with van der Waals surface area (Å²) in [5.41, 5.74) is -0.0826. The highest BCUT2D eigenvalue weighted by molar-refractivity contribution is 5.99. The van der Waals surface area contributed by atoms with Gasteiger partial charge in [-0.25, -0.2) is 9.37 Å². The number of rotatable bonds is 6. The lowest BCUT2D eigenvalue weighted by molar-refractivity contribution is 0.0911. The monoisotopic (exact) mass is 267 g/mol. The lowest BCUT2D eigenvalue weighted by Crippen LogP contribution is -2.43. The first-order valence-electron chi connectivity index (χ1n) is 6.61. The molecule has 0 aromatic carbocycles. The third-order valence-corrected chi connectivity index (χ3v) is 2.98. The number of anilines is 1. The number of pyridine rings is 1. The maximum absolute atomic E-state index is 13.3. The van der Waals surface area contributed by atoms with Gasteiger partial charge < -0.3 is 10.6 Å². The molecule has 0 atom stereocenters. The van der Waals surface area contributed by atoms with Crippen molar-refractivity contribution in [3.05, 3.63) is 23.6 Å². The van der Waals surface area contributed by atoms with Crippen LogP contribution >= 0.6 is 0 Å². The highest BCUT2D eigenvalue weighted by Gasteiger charge is 2.21. The Balaban J connectivity index is 2.96. The minimum atomic E-state index is -0.512. The Morgan fingerprint density at radius 2 is 2.11 bits per heavy atom. The van der Waals surface area contributed by atoms with Crippen molar-refractivity contribution in [1.29, 1.82) is 0 Å². The summed E-state index contributed by atoms with van der Waals surface area (Å²) in [6.07, 6.45) is 2.81. The van der Waals surface area contributed by atoms with Crippen LogP contribution in [0.3, 0.4) is 0 Å². The minimum Gasteiger partial charge on any atom is -0.369 e. The maximum Gasteiger partial charge on any atom is 0.255 e. The lowest BCUT2D eigenvalue weighted by Gasteiger charge is -2.25. The van der Waals surface area contributed by atoms with Gasteiger partial charge in [-0.1, -0.05) is 13.8 Å². The number of carbonyl (C=O) groups is 1. The van der Waals surface area contributed by atoms with Crippen molar-refractivity contribution in [1.82, 2.24) is 10.3 Å². The van der Waals surface area contributed by atoms with Gasteiger partial charge in [0.15, 0.2) is 0 Å². The van der Waals surface area contributed by atoms with Gasteiger partial charge in [-0.3, -0.25) is 4.79 Å². The van der Waals surface area contributed by atoms with E-state index in [0.717, 1.165) is 19.0 Å². The van der Waals surface area contributed by atoms with Gasteiger partial charge in [-0.05, 0) is 32.8 Å². The standard InChI is InChI=1S/C14H22FN3O/c1-5-7-16-12-11(8-10(15)9-17-12)13(19)18-14(3,4)6-2/h8-9H,5-7H2,1-4H3,(H,16,17)(H,18,19). The molecule has 0 bridgehead atoms. The summed E-state index contributed by atoms with van der Waals surface area (Å²) in [5, 5.41) is 5.92. The SMILES string of the molecule is CCCNc1ncc(F)cc1C(=O)NC(C)(C)CC. The summed E-state index contributed by atoms with van der Waals surface area (Å²) in [6.45, 7) is 8.54. The summed E-state index contributed by atoms with van der Waals surface area (Å²) >= 11 is 0. The van der Waals surface area contributed by atoms with E-state index in [9.17, 15) is 9.18 Å². The molecular weight excluding hydrogens is 245 g/mol. The topological polar surface area (TPSA) is 54.0 Å². The zero-order chi connectivity index (χ0) is 14.5. The smallest absolute Gasteiger partial charge is 0.255 e. The van der Waals surface area contributed by atoms with E-state index in [1.165, 1.54) is 6.07 Å². The second kappa shape index (κ2) is 6.50. The van der Waals surface area contributed by atoms with Crippen molar-refractivity contribution < 1.29 is 9.18 Å². The Morgan fingerprint density at radius 1 is 1.42 bits per heavy atom. The summed E-state index contributed by atoms with van der Waals surface area (Å²) in [4.78, 5) is 16.1. The molecule has 1 rings (SSSR count). The zero-order valence-electron chi connectivity index (χ0n) is 12.0. The second-order valence-corrected chi connectivity index (χ2v) is 5.17. The molecule has 2 N–H and O–H groups in total.